The van der Waals surface area contributed by atoms with Crippen molar-refractivity contribution in [2.75, 3.05) is 23.3 Å². The van der Waals surface area contributed by atoms with Crippen LogP contribution in [0, 0.1) is 10.8 Å². The summed E-state index contributed by atoms with van der Waals surface area (Å²) in [6.07, 6.45) is 5.51. The standard InChI is InChI=1S/C25H28N10O2S2/c26-19-8-2-6-17(28-19)10-11-35(37)25-34-31-22(38-25)13-15-4-1-5-16(12-15)23-32-33-24(39-23)30-21(36)14-18-7-3-9-20(27)29-18/h2-3,6-9,15-16H,1,4-5,10-14H2,(H4-,26,27,28,29,30,33,36)/p+1. The van der Waals surface area contributed by atoms with Crippen molar-refractivity contribution < 1.29 is 9.55 Å². The maximum absolute atomic E-state index is 12.6. The fourth-order valence-electron chi connectivity index (χ4n) is 4.70. The predicted molar refractivity (Wildman–Crippen MR) is 150 cm³/mol. The third kappa shape index (κ3) is 7.35. The third-order valence-electron chi connectivity index (χ3n) is 6.52. The van der Waals surface area contributed by atoms with Crippen molar-refractivity contribution in [2.45, 2.75) is 50.9 Å². The number of nitrogens with two attached hydrogens (primary N) is 2. The summed E-state index contributed by atoms with van der Waals surface area (Å²) in [6.45, 7) is 0.239. The van der Waals surface area contributed by atoms with E-state index in [-0.39, 0.29) is 24.8 Å². The molecule has 2 unspecified atom stereocenters. The first kappa shape index (κ1) is 26.7. The lowest BCUT2D eigenvalue weighted by molar-refractivity contribution is -0.462. The first-order valence-electron chi connectivity index (χ1n) is 12.7. The van der Waals surface area contributed by atoms with Crippen molar-refractivity contribution >= 4 is 50.5 Å². The van der Waals surface area contributed by atoms with Gasteiger partial charge in [0.15, 0.2) is 0 Å². The summed E-state index contributed by atoms with van der Waals surface area (Å²) < 4.78 is 0.871. The number of rotatable bonds is 10. The molecule has 0 bridgehead atoms. The van der Waals surface area contributed by atoms with Gasteiger partial charge in [-0.2, -0.15) is 0 Å². The molecule has 1 aliphatic carbocycles. The number of pyridine rings is 2. The maximum atomic E-state index is 12.6. The minimum atomic E-state index is -0.207. The number of amides is 1. The van der Waals surface area contributed by atoms with Crippen LogP contribution in [-0.2, 0) is 24.1 Å². The lowest BCUT2D eigenvalue weighted by atomic mass is 9.80. The van der Waals surface area contributed by atoms with Gasteiger partial charge < -0.3 is 16.8 Å². The van der Waals surface area contributed by atoms with Crippen LogP contribution < -0.4 is 16.8 Å². The van der Waals surface area contributed by atoms with E-state index >= 15 is 0 Å². The first-order valence-corrected chi connectivity index (χ1v) is 14.4. The highest BCUT2D eigenvalue weighted by molar-refractivity contribution is 7.15. The summed E-state index contributed by atoms with van der Waals surface area (Å²) in [5.74, 6) is 1.30. The summed E-state index contributed by atoms with van der Waals surface area (Å²) in [5, 5.41) is 22.4. The minimum absolute atomic E-state index is 0.119. The average Bonchev–Trinajstić information content (AvgIpc) is 3.57. The number of carbonyl (C=O) groups is 1. The second-order valence-electron chi connectivity index (χ2n) is 9.54. The molecular weight excluding hydrogens is 536 g/mol. The molecule has 202 valence electrons. The number of nitrogen functional groups attached to an aromatic ring is 2. The molecule has 2 atom stereocenters. The monoisotopic (exact) mass is 565 g/mol. The van der Waals surface area contributed by atoms with Gasteiger partial charge in [-0.15, -0.1) is 10.2 Å². The van der Waals surface area contributed by atoms with Crippen LogP contribution in [0.2, 0.25) is 0 Å². The zero-order chi connectivity index (χ0) is 27.2. The molecule has 0 aliphatic heterocycles. The molecule has 5 N–H and O–H groups in total. The van der Waals surface area contributed by atoms with Gasteiger partial charge in [0.25, 0.3) is 0 Å². The highest BCUT2D eigenvalue weighted by Crippen LogP contribution is 2.39. The zero-order valence-corrected chi connectivity index (χ0v) is 22.8. The molecular formula is C25H29N10O2S2+. The Morgan fingerprint density at radius 2 is 1.74 bits per heavy atom. The van der Waals surface area contributed by atoms with Crippen LogP contribution in [0.1, 0.15) is 53.0 Å². The van der Waals surface area contributed by atoms with E-state index in [4.69, 9.17) is 11.5 Å². The Kier molecular flexibility index (Phi) is 8.42. The molecule has 12 nitrogen and oxygen atoms in total. The van der Waals surface area contributed by atoms with Gasteiger partial charge in [0, 0.05) is 24.5 Å². The number of hydrogen-bond acceptors (Lipinski definition) is 12. The molecule has 14 heteroatoms. The number of carbonyl (C=O) groups excluding carboxylic acids is 1. The van der Waals surface area contributed by atoms with Gasteiger partial charge in [0.1, 0.15) is 28.2 Å². The molecule has 5 rings (SSSR count). The Morgan fingerprint density at radius 3 is 2.54 bits per heavy atom. The summed E-state index contributed by atoms with van der Waals surface area (Å²) >= 11 is 2.76. The van der Waals surface area contributed by atoms with E-state index < -0.39 is 0 Å². The predicted octanol–water partition coefficient (Wildman–Crippen LogP) is 3.69. The van der Waals surface area contributed by atoms with E-state index in [1.54, 1.807) is 24.3 Å². The highest BCUT2D eigenvalue weighted by atomic mass is 32.1. The Morgan fingerprint density at radius 1 is 0.974 bits per heavy atom. The van der Waals surface area contributed by atoms with E-state index in [1.807, 2.05) is 12.1 Å². The lowest BCUT2D eigenvalue weighted by Gasteiger charge is -2.26. The van der Waals surface area contributed by atoms with Crippen molar-refractivity contribution in [3.8, 4) is 0 Å². The van der Waals surface area contributed by atoms with Crippen LogP contribution in [0.4, 0.5) is 21.9 Å². The van der Waals surface area contributed by atoms with E-state index in [1.165, 1.54) is 22.7 Å². The van der Waals surface area contributed by atoms with Gasteiger partial charge in [0.05, 0.1) is 17.2 Å². The number of anilines is 3. The van der Waals surface area contributed by atoms with E-state index in [2.05, 4.69) is 35.7 Å². The number of aromatic nitrogens is 6. The SMILES string of the molecule is Nc1cccc(CC[N+](=O)c2nnc(CC3CCCC(c4nnc(NC(=O)Cc5cccc(N)n5)s4)C3)s2)n1. The molecule has 39 heavy (non-hydrogen) atoms. The zero-order valence-electron chi connectivity index (χ0n) is 21.2. The number of hydrogen-bond donors (Lipinski definition) is 3. The first-order chi connectivity index (χ1) is 18.9. The Bertz CT molecular complexity index is 1460. The topological polar surface area (TPSA) is 179 Å². The summed E-state index contributed by atoms with van der Waals surface area (Å²) in [7, 11) is 0. The van der Waals surface area contributed by atoms with E-state index in [0.717, 1.165) is 52.6 Å². The van der Waals surface area contributed by atoms with Gasteiger partial charge in [-0.05, 0) is 70.6 Å². The van der Waals surface area contributed by atoms with Gasteiger partial charge in [-0.1, -0.05) is 34.8 Å². The number of nitrogens with one attached hydrogen (secondary N) is 1. The van der Waals surface area contributed by atoms with Crippen LogP contribution in [0.15, 0.2) is 36.4 Å². The summed E-state index contributed by atoms with van der Waals surface area (Å²) in [5.41, 5.74) is 12.8. The highest BCUT2D eigenvalue weighted by Gasteiger charge is 2.29. The molecule has 4 aromatic rings. The van der Waals surface area contributed by atoms with E-state index in [9.17, 15) is 9.70 Å². The fraction of sp³-hybridized carbons (Fsp3) is 0.400. The maximum Gasteiger partial charge on any atom is 0.447 e. The molecule has 0 saturated heterocycles. The van der Waals surface area contributed by atoms with Gasteiger partial charge in [0.2, 0.25) is 11.0 Å². The molecule has 1 saturated carbocycles. The Balaban J connectivity index is 1.12. The van der Waals surface area contributed by atoms with Crippen LogP contribution in [0.25, 0.3) is 0 Å². The molecule has 4 heterocycles. The molecule has 0 radical (unpaired) electrons. The summed E-state index contributed by atoms with van der Waals surface area (Å²) in [4.78, 5) is 33.4. The second-order valence-corrected chi connectivity index (χ2v) is 11.6. The Hall–Kier alpha value is -3.91. The van der Waals surface area contributed by atoms with Crippen molar-refractivity contribution in [1.29, 1.82) is 0 Å². The number of nitroso groups, excluding NO2 is 1. The summed E-state index contributed by atoms with van der Waals surface area (Å²) in [6, 6.07) is 10.6. The molecule has 0 spiro atoms. The number of nitrogens with zero attached hydrogens (tertiary/aromatic N) is 7. The molecule has 0 aromatic carbocycles. The largest absolute Gasteiger partial charge is 0.447 e. The molecule has 1 amide bonds. The van der Waals surface area contributed by atoms with Crippen LogP contribution in [-0.4, -0.2) is 47.6 Å². The van der Waals surface area contributed by atoms with Crippen LogP contribution >= 0.6 is 22.7 Å². The second kappa shape index (κ2) is 12.3. The smallest absolute Gasteiger partial charge is 0.384 e. The fourth-order valence-corrected chi connectivity index (χ4v) is 6.49. The van der Waals surface area contributed by atoms with Crippen molar-refractivity contribution in [2.24, 2.45) is 5.92 Å². The average molecular weight is 566 g/mol. The lowest BCUT2D eigenvalue weighted by Crippen LogP contribution is -2.16. The molecule has 4 aromatic heterocycles. The normalized spacial score (nSPS) is 17.1. The van der Waals surface area contributed by atoms with Crippen molar-refractivity contribution in [3.05, 3.63) is 62.7 Å². The van der Waals surface area contributed by atoms with Gasteiger partial charge in [-0.25, -0.2) is 9.97 Å². The quantitative estimate of drug-likeness (QED) is 0.240. The van der Waals surface area contributed by atoms with Gasteiger partial charge >= 0.3 is 5.13 Å². The third-order valence-corrected chi connectivity index (χ3v) is 8.47. The molecule has 1 aliphatic rings. The van der Waals surface area contributed by atoms with Crippen molar-refractivity contribution in [3.63, 3.8) is 0 Å². The van der Waals surface area contributed by atoms with Crippen LogP contribution in [0.5, 0.6) is 0 Å². The van der Waals surface area contributed by atoms with E-state index in [0.29, 0.717) is 39.9 Å². The van der Waals surface area contributed by atoms with Gasteiger partial charge in [-0.3, -0.25) is 4.79 Å². The minimum Gasteiger partial charge on any atom is -0.384 e. The van der Waals surface area contributed by atoms with Crippen LogP contribution in [0.3, 0.4) is 0 Å². The Labute approximate surface area is 232 Å². The van der Waals surface area contributed by atoms with Crippen molar-refractivity contribution in [1.82, 2.24) is 30.4 Å². The molecule has 1 fully saturated rings.